The van der Waals surface area contributed by atoms with E-state index in [1.165, 1.54) is 44.3 Å². The van der Waals surface area contributed by atoms with Gasteiger partial charge < -0.3 is 5.32 Å². The Hall–Kier alpha value is -4.17. The second kappa shape index (κ2) is 17.6. The summed E-state index contributed by atoms with van der Waals surface area (Å²) in [6.45, 7) is 22.3. The molecular formula is C40H49NO. The van der Waals surface area contributed by atoms with Crippen LogP contribution in [0.5, 0.6) is 0 Å². The minimum absolute atomic E-state index is 0.0467. The number of hydrogen-bond acceptors (Lipinski definition) is 1. The van der Waals surface area contributed by atoms with Gasteiger partial charge in [-0.2, -0.15) is 0 Å². The first-order valence-electron chi connectivity index (χ1n) is 15.4. The zero-order valence-corrected chi connectivity index (χ0v) is 26.8. The standard InChI is InChI=1S/C21H16.C14H19NO.C3H8.C2H6/c1-14(2)15-11-12-20-18-9-4-3-7-16(18)17-8-5-6-10-19(17)21(20)13-15;1-4-8-11(2)14(16)15-12(3)13-9-6-5-7-10-13;1-3-2;1-2/h3-13H,1H2,2H3;5-7,9-11H,3-4,8H2,1-2H3,(H,15,16);3H2,1-2H3;1-2H3/t;11-;;/m.1../s1. The predicted octanol–water partition coefficient (Wildman–Crippen LogP) is 11.8. The maximum absolute atomic E-state index is 11.7. The number of carbonyl (C=O) groups is 1. The summed E-state index contributed by atoms with van der Waals surface area (Å²) in [5.41, 5.74) is 3.95. The van der Waals surface area contributed by atoms with Gasteiger partial charge in [-0.15, -0.1) is 0 Å². The number of benzene rings is 5. The predicted molar refractivity (Wildman–Crippen MR) is 189 cm³/mol. The van der Waals surface area contributed by atoms with Crippen LogP contribution in [-0.4, -0.2) is 5.91 Å². The van der Waals surface area contributed by atoms with E-state index in [4.69, 9.17) is 0 Å². The van der Waals surface area contributed by atoms with Crippen LogP contribution in [0.4, 0.5) is 0 Å². The molecule has 0 saturated carbocycles. The fraction of sp³-hybridized carbons (Fsp3) is 0.275. The van der Waals surface area contributed by atoms with Gasteiger partial charge >= 0.3 is 0 Å². The first-order chi connectivity index (χ1) is 20.3. The van der Waals surface area contributed by atoms with Gasteiger partial charge in [0, 0.05) is 11.6 Å². The summed E-state index contributed by atoms with van der Waals surface area (Å²) in [6.07, 6.45) is 3.18. The molecule has 0 aromatic heterocycles. The van der Waals surface area contributed by atoms with E-state index in [-0.39, 0.29) is 11.8 Å². The van der Waals surface area contributed by atoms with Gasteiger partial charge in [0.1, 0.15) is 0 Å². The molecule has 1 atom stereocenters. The molecule has 5 aromatic carbocycles. The van der Waals surface area contributed by atoms with Crippen molar-refractivity contribution in [3.8, 4) is 0 Å². The molecule has 0 aliphatic rings. The Morgan fingerprint density at radius 3 is 1.55 bits per heavy atom. The average molecular weight is 560 g/mol. The van der Waals surface area contributed by atoms with Crippen molar-refractivity contribution < 1.29 is 4.79 Å². The fourth-order valence-electron chi connectivity index (χ4n) is 4.72. The quantitative estimate of drug-likeness (QED) is 0.206. The van der Waals surface area contributed by atoms with Gasteiger partial charge in [-0.05, 0) is 62.9 Å². The summed E-state index contributed by atoms with van der Waals surface area (Å²) in [4.78, 5) is 11.7. The first-order valence-corrected chi connectivity index (χ1v) is 15.4. The van der Waals surface area contributed by atoms with Crippen molar-refractivity contribution in [3.05, 3.63) is 121 Å². The second-order valence-corrected chi connectivity index (χ2v) is 10.4. The summed E-state index contributed by atoms with van der Waals surface area (Å²) in [6, 6.07) is 33.7. The summed E-state index contributed by atoms with van der Waals surface area (Å²) >= 11 is 0. The second-order valence-electron chi connectivity index (χ2n) is 10.4. The summed E-state index contributed by atoms with van der Waals surface area (Å²) in [5, 5.41) is 10.7. The fourth-order valence-corrected chi connectivity index (χ4v) is 4.72. The van der Waals surface area contributed by atoms with Gasteiger partial charge in [0.15, 0.2) is 0 Å². The highest BCUT2D eigenvalue weighted by Crippen LogP contribution is 2.35. The van der Waals surface area contributed by atoms with Crippen molar-refractivity contribution in [3.63, 3.8) is 0 Å². The highest BCUT2D eigenvalue weighted by molar-refractivity contribution is 6.25. The lowest BCUT2D eigenvalue weighted by Crippen LogP contribution is -2.27. The van der Waals surface area contributed by atoms with Crippen molar-refractivity contribution in [1.82, 2.24) is 5.32 Å². The molecule has 42 heavy (non-hydrogen) atoms. The number of fused-ring (bicyclic) bond motifs is 6. The number of hydrogen-bond donors (Lipinski definition) is 1. The topological polar surface area (TPSA) is 29.1 Å². The third kappa shape index (κ3) is 8.91. The molecular weight excluding hydrogens is 510 g/mol. The molecule has 0 radical (unpaired) electrons. The Labute approximate surface area is 254 Å². The van der Waals surface area contributed by atoms with E-state index in [0.717, 1.165) is 24.0 Å². The number of nitrogens with one attached hydrogen (secondary N) is 1. The Bertz CT molecular complexity index is 1560. The molecule has 0 aliphatic heterocycles. The third-order valence-corrected chi connectivity index (χ3v) is 6.80. The van der Waals surface area contributed by atoms with Gasteiger partial charge in [0.25, 0.3) is 0 Å². The van der Waals surface area contributed by atoms with E-state index in [9.17, 15) is 4.79 Å². The van der Waals surface area contributed by atoms with Gasteiger partial charge in [-0.1, -0.05) is 164 Å². The van der Waals surface area contributed by atoms with Crippen molar-refractivity contribution in [1.29, 1.82) is 0 Å². The van der Waals surface area contributed by atoms with Crippen LogP contribution in [0.25, 0.3) is 43.6 Å². The maximum Gasteiger partial charge on any atom is 0.227 e. The lowest BCUT2D eigenvalue weighted by molar-refractivity contribution is -0.123. The molecule has 5 rings (SSSR count). The number of rotatable bonds is 6. The molecule has 0 unspecified atom stereocenters. The van der Waals surface area contributed by atoms with Crippen LogP contribution in [0.15, 0.2) is 110 Å². The van der Waals surface area contributed by atoms with Crippen LogP contribution >= 0.6 is 0 Å². The Morgan fingerprint density at radius 1 is 0.667 bits per heavy atom. The van der Waals surface area contributed by atoms with Gasteiger partial charge in [-0.25, -0.2) is 0 Å². The third-order valence-electron chi connectivity index (χ3n) is 6.80. The Morgan fingerprint density at radius 2 is 1.10 bits per heavy atom. The first kappa shape index (κ1) is 34.0. The summed E-state index contributed by atoms with van der Waals surface area (Å²) in [5.74, 6) is 0.0983. The van der Waals surface area contributed by atoms with E-state index < -0.39 is 0 Å². The lowest BCUT2D eigenvalue weighted by atomic mass is 9.92. The zero-order chi connectivity index (χ0) is 31.1. The molecule has 0 fully saturated rings. The molecule has 0 saturated heterocycles. The molecule has 2 nitrogen and oxygen atoms in total. The van der Waals surface area contributed by atoms with E-state index >= 15 is 0 Å². The molecule has 0 aliphatic carbocycles. The van der Waals surface area contributed by atoms with Crippen LogP contribution in [0.3, 0.4) is 0 Å². The molecule has 5 aromatic rings. The van der Waals surface area contributed by atoms with Crippen LogP contribution in [-0.2, 0) is 4.79 Å². The zero-order valence-electron chi connectivity index (χ0n) is 26.8. The van der Waals surface area contributed by atoms with Crippen molar-refractivity contribution in [2.45, 2.75) is 67.7 Å². The van der Waals surface area contributed by atoms with E-state index in [0.29, 0.717) is 5.70 Å². The van der Waals surface area contributed by atoms with Gasteiger partial charge in [0.05, 0.1) is 0 Å². The van der Waals surface area contributed by atoms with Gasteiger partial charge in [-0.3, -0.25) is 4.79 Å². The van der Waals surface area contributed by atoms with E-state index in [2.05, 4.69) is 113 Å². The average Bonchev–Trinajstić information content (AvgIpc) is 3.03. The van der Waals surface area contributed by atoms with Gasteiger partial charge in [0.2, 0.25) is 5.91 Å². The summed E-state index contributed by atoms with van der Waals surface area (Å²) < 4.78 is 0. The highest BCUT2D eigenvalue weighted by Gasteiger charge is 2.12. The molecule has 0 bridgehead atoms. The normalized spacial score (nSPS) is 10.7. The smallest absolute Gasteiger partial charge is 0.227 e. The van der Waals surface area contributed by atoms with Crippen molar-refractivity contribution in [2.24, 2.45) is 5.92 Å². The summed E-state index contributed by atoms with van der Waals surface area (Å²) in [7, 11) is 0. The van der Waals surface area contributed by atoms with Crippen LogP contribution in [0.2, 0.25) is 0 Å². The van der Waals surface area contributed by atoms with E-state index in [1.807, 2.05) is 51.1 Å². The molecule has 1 amide bonds. The maximum atomic E-state index is 11.7. The number of allylic oxidation sites excluding steroid dienone is 1. The van der Waals surface area contributed by atoms with Crippen molar-refractivity contribution in [2.75, 3.05) is 0 Å². The minimum Gasteiger partial charge on any atom is -0.326 e. The highest BCUT2D eigenvalue weighted by atomic mass is 16.1. The largest absolute Gasteiger partial charge is 0.326 e. The van der Waals surface area contributed by atoms with Crippen LogP contribution in [0, 0.1) is 5.92 Å². The Balaban J connectivity index is 0.000000263. The number of amides is 1. The minimum atomic E-state index is 0.0467. The van der Waals surface area contributed by atoms with Crippen molar-refractivity contribution >= 4 is 49.5 Å². The number of carbonyl (C=O) groups excluding carboxylic acids is 1. The lowest BCUT2D eigenvalue weighted by Gasteiger charge is -2.13. The van der Waals surface area contributed by atoms with Crippen LogP contribution < -0.4 is 5.32 Å². The molecule has 2 heteroatoms. The monoisotopic (exact) mass is 559 g/mol. The molecule has 0 spiro atoms. The molecule has 220 valence electrons. The molecule has 1 N–H and O–H groups in total. The molecule has 0 heterocycles. The van der Waals surface area contributed by atoms with Crippen LogP contribution in [0.1, 0.15) is 78.9 Å². The SMILES string of the molecule is C=C(C)c1ccc2c3ccccc3c3ccccc3c2c1.C=C(NC(=O)[C@H](C)CCC)c1ccccc1.CC.CCC. The van der Waals surface area contributed by atoms with E-state index in [1.54, 1.807) is 0 Å². The Kier molecular flexibility index (Phi) is 14.3.